The molecule has 0 bridgehead atoms. The minimum absolute atomic E-state index is 0.0539. The minimum atomic E-state index is -0.0781. The fraction of sp³-hybridized carbons (Fsp3) is 0.650. The average Bonchev–Trinajstić information content (AvgIpc) is 3.41. The number of para-hydroxylation sites is 1. The predicted molar refractivity (Wildman–Crippen MR) is 93.5 cm³/mol. The van der Waals surface area contributed by atoms with E-state index in [-0.39, 0.29) is 24.2 Å². The molecule has 5 heteroatoms. The summed E-state index contributed by atoms with van der Waals surface area (Å²) >= 11 is 0. The number of benzene rings is 1. The molecule has 5 nitrogen and oxygen atoms in total. The number of hydrogen-bond acceptors (Lipinski definition) is 4. The van der Waals surface area contributed by atoms with Gasteiger partial charge in [-0.2, -0.15) is 0 Å². The molecule has 1 spiro atoms. The zero-order chi connectivity index (χ0) is 17.1. The van der Waals surface area contributed by atoms with Gasteiger partial charge in [-0.25, -0.2) is 0 Å². The Hall–Kier alpha value is -1.59. The first kappa shape index (κ1) is 16.9. The van der Waals surface area contributed by atoms with E-state index in [1.807, 2.05) is 35.2 Å². The summed E-state index contributed by atoms with van der Waals surface area (Å²) in [5, 5.41) is 0. The summed E-state index contributed by atoms with van der Waals surface area (Å²) in [4.78, 5) is 14.3. The van der Waals surface area contributed by atoms with Gasteiger partial charge in [0.1, 0.15) is 5.75 Å². The van der Waals surface area contributed by atoms with E-state index in [0.29, 0.717) is 6.61 Å². The fourth-order valence-electron chi connectivity index (χ4n) is 3.73. The van der Waals surface area contributed by atoms with Gasteiger partial charge in [0.2, 0.25) is 0 Å². The summed E-state index contributed by atoms with van der Waals surface area (Å²) in [6.45, 7) is 3.19. The van der Waals surface area contributed by atoms with Gasteiger partial charge in [-0.05, 0) is 43.7 Å². The Morgan fingerprint density at radius 3 is 2.68 bits per heavy atom. The molecular formula is C20H27NO4. The largest absolute Gasteiger partial charge is 0.484 e. The zero-order valence-electron chi connectivity index (χ0n) is 14.7. The first-order valence-corrected chi connectivity index (χ1v) is 9.44. The number of carbonyl (C=O) groups is 1. The van der Waals surface area contributed by atoms with Crippen molar-refractivity contribution in [3.05, 3.63) is 30.3 Å². The second-order valence-corrected chi connectivity index (χ2v) is 7.58. The molecular weight excluding hydrogens is 318 g/mol. The smallest absolute Gasteiger partial charge is 0.260 e. The molecule has 25 heavy (non-hydrogen) atoms. The van der Waals surface area contributed by atoms with Gasteiger partial charge in [-0.3, -0.25) is 4.79 Å². The van der Waals surface area contributed by atoms with Gasteiger partial charge in [-0.15, -0.1) is 0 Å². The molecule has 1 unspecified atom stereocenters. The highest BCUT2D eigenvalue weighted by Crippen LogP contribution is 2.38. The Morgan fingerprint density at radius 2 is 1.96 bits per heavy atom. The van der Waals surface area contributed by atoms with Crippen LogP contribution in [-0.4, -0.2) is 55.4 Å². The van der Waals surface area contributed by atoms with Crippen LogP contribution >= 0.6 is 0 Å². The van der Waals surface area contributed by atoms with Crippen LogP contribution in [0.2, 0.25) is 0 Å². The van der Waals surface area contributed by atoms with Crippen LogP contribution in [0.5, 0.6) is 5.75 Å². The first-order chi connectivity index (χ1) is 12.2. The lowest BCUT2D eigenvalue weighted by atomic mass is 9.88. The highest BCUT2D eigenvalue weighted by atomic mass is 16.6. The van der Waals surface area contributed by atoms with Crippen molar-refractivity contribution >= 4 is 5.91 Å². The number of nitrogens with zero attached hydrogens (tertiary/aromatic N) is 1. The highest BCUT2D eigenvalue weighted by molar-refractivity contribution is 5.77. The molecule has 2 saturated heterocycles. The number of hydrogen-bond donors (Lipinski definition) is 0. The molecule has 3 aliphatic rings. The molecule has 4 rings (SSSR count). The minimum Gasteiger partial charge on any atom is -0.484 e. The van der Waals surface area contributed by atoms with Crippen LogP contribution in [0, 0.1) is 5.92 Å². The molecule has 1 atom stereocenters. The van der Waals surface area contributed by atoms with Crippen molar-refractivity contribution in [1.29, 1.82) is 0 Å². The maximum absolute atomic E-state index is 12.4. The second kappa shape index (κ2) is 7.34. The van der Waals surface area contributed by atoms with E-state index in [9.17, 15) is 4.79 Å². The van der Waals surface area contributed by atoms with Crippen molar-refractivity contribution in [2.75, 3.05) is 32.9 Å². The second-order valence-electron chi connectivity index (χ2n) is 7.58. The van der Waals surface area contributed by atoms with E-state index in [1.54, 1.807) is 0 Å². The van der Waals surface area contributed by atoms with E-state index in [1.165, 1.54) is 12.8 Å². The molecule has 0 N–H and O–H groups in total. The van der Waals surface area contributed by atoms with E-state index in [4.69, 9.17) is 14.2 Å². The Labute approximate surface area is 149 Å². The summed E-state index contributed by atoms with van der Waals surface area (Å²) in [7, 11) is 0. The fourth-order valence-corrected chi connectivity index (χ4v) is 3.73. The van der Waals surface area contributed by atoms with Crippen molar-refractivity contribution in [3.8, 4) is 5.75 Å². The molecule has 2 heterocycles. The van der Waals surface area contributed by atoms with Gasteiger partial charge >= 0.3 is 0 Å². The molecule has 0 aromatic heterocycles. The quantitative estimate of drug-likeness (QED) is 0.795. The standard InChI is InChI=1S/C20H27NO4/c22-19(15-24-17-4-2-1-3-5-17)21-10-8-20(9-11-21)12-18(14-25-20)23-13-16-6-7-16/h1-5,16,18H,6-15H2. The van der Waals surface area contributed by atoms with Crippen LogP contribution in [0.4, 0.5) is 0 Å². The van der Waals surface area contributed by atoms with Gasteiger partial charge in [0.05, 0.1) is 18.3 Å². The summed E-state index contributed by atoms with van der Waals surface area (Å²) < 4.78 is 17.7. The SMILES string of the molecule is O=C(COc1ccccc1)N1CCC2(CC1)CC(OCC1CC1)CO2. The normalized spacial score (nSPS) is 25.3. The van der Waals surface area contributed by atoms with E-state index in [2.05, 4.69) is 0 Å². The first-order valence-electron chi connectivity index (χ1n) is 9.44. The molecule has 1 aromatic rings. The van der Waals surface area contributed by atoms with Crippen molar-refractivity contribution in [2.45, 2.75) is 43.8 Å². The van der Waals surface area contributed by atoms with Crippen LogP contribution in [0.15, 0.2) is 30.3 Å². The van der Waals surface area contributed by atoms with Gasteiger partial charge in [0.15, 0.2) is 6.61 Å². The molecule has 2 aliphatic heterocycles. The van der Waals surface area contributed by atoms with Gasteiger partial charge in [-0.1, -0.05) is 18.2 Å². The molecule has 1 saturated carbocycles. The molecule has 1 aliphatic carbocycles. The molecule has 3 fully saturated rings. The summed E-state index contributed by atoms with van der Waals surface area (Å²) in [6.07, 6.45) is 5.65. The Morgan fingerprint density at radius 1 is 1.20 bits per heavy atom. The molecule has 0 radical (unpaired) electrons. The van der Waals surface area contributed by atoms with Gasteiger partial charge in [0, 0.05) is 26.1 Å². The highest BCUT2D eigenvalue weighted by Gasteiger charge is 2.44. The number of piperidine rings is 1. The van der Waals surface area contributed by atoms with Crippen LogP contribution in [0.1, 0.15) is 32.1 Å². The Bertz CT molecular complexity index is 579. The van der Waals surface area contributed by atoms with Gasteiger partial charge in [0.25, 0.3) is 5.91 Å². The lowest BCUT2D eigenvalue weighted by Crippen LogP contribution is -2.47. The third kappa shape index (κ3) is 4.33. The van der Waals surface area contributed by atoms with Crippen LogP contribution in [-0.2, 0) is 14.3 Å². The van der Waals surface area contributed by atoms with Crippen LogP contribution < -0.4 is 4.74 Å². The number of amides is 1. The Balaban J connectivity index is 1.20. The summed E-state index contributed by atoms with van der Waals surface area (Å²) in [6, 6.07) is 9.48. The zero-order valence-corrected chi connectivity index (χ0v) is 14.7. The topological polar surface area (TPSA) is 48.0 Å². The lowest BCUT2D eigenvalue weighted by Gasteiger charge is -2.38. The maximum Gasteiger partial charge on any atom is 0.260 e. The predicted octanol–water partition coefficient (Wildman–Crippen LogP) is 2.64. The average molecular weight is 345 g/mol. The number of carbonyl (C=O) groups excluding carboxylic acids is 1. The Kier molecular flexibility index (Phi) is 4.95. The third-order valence-corrected chi connectivity index (χ3v) is 5.57. The van der Waals surface area contributed by atoms with Crippen molar-refractivity contribution < 1.29 is 19.0 Å². The van der Waals surface area contributed by atoms with Gasteiger partial charge < -0.3 is 19.1 Å². The van der Waals surface area contributed by atoms with Crippen LogP contribution in [0.3, 0.4) is 0 Å². The summed E-state index contributed by atoms with van der Waals surface area (Å²) in [5.74, 6) is 1.58. The van der Waals surface area contributed by atoms with Crippen molar-refractivity contribution in [3.63, 3.8) is 0 Å². The number of likely N-dealkylation sites (tertiary alicyclic amines) is 1. The number of ether oxygens (including phenoxy) is 3. The monoisotopic (exact) mass is 345 g/mol. The summed E-state index contributed by atoms with van der Waals surface area (Å²) in [5.41, 5.74) is -0.0781. The van der Waals surface area contributed by atoms with Crippen molar-refractivity contribution in [1.82, 2.24) is 4.90 Å². The molecule has 1 amide bonds. The van der Waals surface area contributed by atoms with Crippen LogP contribution in [0.25, 0.3) is 0 Å². The van der Waals surface area contributed by atoms with E-state index < -0.39 is 0 Å². The third-order valence-electron chi connectivity index (χ3n) is 5.57. The molecule has 136 valence electrons. The lowest BCUT2D eigenvalue weighted by molar-refractivity contribution is -0.138. The maximum atomic E-state index is 12.4. The number of rotatable bonds is 6. The van der Waals surface area contributed by atoms with Crippen molar-refractivity contribution in [2.24, 2.45) is 5.92 Å². The van der Waals surface area contributed by atoms with E-state index in [0.717, 1.165) is 50.6 Å². The van der Waals surface area contributed by atoms with E-state index >= 15 is 0 Å². The molecule has 1 aromatic carbocycles.